The SMILES string of the molecule is C#C[C@@H]1[C@@H]2C=CC[C@H]12. The Morgan fingerprint density at radius 2 is 2.50 bits per heavy atom. The second-order valence-corrected chi connectivity index (χ2v) is 2.60. The van der Waals surface area contributed by atoms with E-state index in [1.54, 1.807) is 0 Å². The molecule has 0 bridgehead atoms. The minimum Gasteiger partial charge on any atom is -0.120 e. The average Bonchev–Trinajstić information content (AvgIpc) is 2.22. The van der Waals surface area contributed by atoms with Gasteiger partial charge in [0.25, 0.3) is 0 Å². The Morgan fingerprint density at radius 1 is 1.62 bits per heavy atom. The van der Waals surface area contributed by atoms with Crippen molar-refractivity contribution in [2.45, 2.75) is 6.42 Å². The van der Waals surface area contributed by atoms with Gasteiger partial charge in [0.05, 0.1) is 0 Å². The van der Waals surface area contributed by atoms with Crippen LogP contribution in [0.4, 0.5) is 0 Å². The smallest absolute Gasteiger partial charge is 0.0303 e. The van der Waals surface area contributed by atoms with Crippen LogP contribution in [-0.4, -0.2) is 0 Å². The van der Waals surface area contributed by atoms with Crippen molar-refractivity contribution < 1.29 is 0 Å². The quantitative estimate of drug-likeness (QED) is 0.322. The van der Waals surface area contributed by atoms with Crippen LogP contribution < -0.4 is 0 Å². The van der Waals surface area contributed by atoms with Crippen LogP contribution in [0.5, 0.6) is 0 Å². The Labute approximate surface area is 49.6 Å². The van der Waals surface area contributed by atoms with Crippen LogP contribution in [0, 0.1) is 30.1 Å². The molecule has 0 heteroatoms. The molecule has 0 amide bonds. The van der Waals surface area contributed by atoms with Crippen molar-refractivity contribution in [1.29, 1.82) is 0 Å². The average molecular weight is 104 g/mol. The van der Waals surface area contributed by atoms with E-state index in [9.17, 15) is 0 Å². The lowest BCUT2D eigenvalue weighted by Gasteiger charge is -1.82. The first-order valence-electron chi connectivity index (χ1n) is 3.06. The maximum absolute atomic E-state index is 5.24. The third kappa shape index (κ3) is 0.327. The van der Waals surface area contributed by atoms with Gasteiger partial charge in [-0.15, -0.1) is 12.3 Å². The van der Waals surface area contributed by atoms with Gasteiger partial charge in [-0.3, -0.25) is 0 Å². The van der Waals surface area contributed by atoms with Crippen LogP contribution in [0.3, 0.4) is 0 Å². The van der Waals surface area contributed by atoms with Gasteiger partial charge < -0.3 is 0 Å². The van der Waals surface area contributed by atoms with Gasteiger partial charge in [0.15, 0.2) is 0 Å². The van der Waals surface area contributed by atoms with E-state index in [2.05, 4.69) is 18.1 Å². The maximum atomic E-state index is 5.24. The van der Waals surface area contributed by atoms with E-state index in [4.69, 9.17) is 6.42 Å². The molecule has 0 radical (unpaired) electrons. The summed E-state index contributed by atoms with van der Waals surface area (Å²) < 4.78 is 0. The summed E-state index contributed by atoms with van der Waals surface area (Å²) in [5, 5.41) is 0. The zero-order valence-corrected chi connectivity index (χ0v) is 4.67. The minimum absolute atomic E-state index is 0.611. The Kier molecular flexibility index (Phi) is 0.615. The van der Waals surface area contributed by atoms with Gasteiger partial charge in [-0.1, -0.05) is 12.2 Å². The topological polar surface area (TPSA) is 0 Å². The highest BCUT2D eigenvalue weighted by Crippen LogP contribution is 2.52. The van der Waals surface area contributed by atoms with Gasteiger partial charge in [-0.05, 0) is 18.3 Å². The molecule has 1 saturated carbocycles. The van der Waals surface area contributed by atoms with Crippen LogP contribution in [0.25, 0.3) is 0 Å². The Bertz CT molecular complexity index is 171. The van der Waals surface area contributed by atoms with Gasteiger partial charge in [-0.2, -0.15) is 0 Å². The fraction of sp³-hybridized carbons (Fsp3) is 0.500. The molecule has 3 atom stereocenters. The van der Waals surface area contributed by atoms with E-state index in [1.165, 1.54) is 6.42 Å². The van der Waals surface area contributed by atoms with E-state index < -0.39 is 0 Å². The predicted octanol–water partition coefficient (Wildman–Crippen LogP) is 1.44. The van der Waals surface area contributed by atoms with Crippen LogP contribution in [-0.2, 0) is 0 Å². The molecule has 2 aliphatic carbocycles. The van der Waals surface area contributed by atoms with Crippen LogP contribution in [0.2, 0.25) is 0 Å². The fourth-order valence-corrected chi connectivity index (χ4v) is 1.59. The third-order valence-electron chi connectivity index (χ3n) is 2.19. The molecule has 2 rings (SSSR count). The normalized spacial score (nSPS) is 48.1. The predicted molar refractivity (Wildman–Crippen MR) is 33.1 cm³/mol. The van der Waals surface area contributed by atoms with E-state index >= 15 is 0 Å². The maximum Gasteiger partial charge on any atom is 0.0303 e. The Morgan fingerprint density at radius 3 is 2.88 bits per heavy atom. The summed E-state index contributed by atoms with van der Waals surface area (Å²) in [4.78, 5) is 0. The van der Waals surface area contributed by atoms with Gasteiger partial charge in [-0.25, -0.2) is 0 Å². The van der Waals surface area contributed by atoms with Crippen LogP contribution >= 0.6 is 0 Å². The molecule has 0 aromatic rings. The van der Waals surface area contributed by atoms with Gasteiger partial charge in [0, 0.05) is 5.92 Å². The lowest BCUT2D eigenvalue weighted by Crippen LogP contribution is -1.74. The second-order valence-electron chi connectivity index (χ2n) is 2.60. The molecule has 1 fully saturated rings. The summed E-state index contributed by atoms with van der Waals surface area (Å²) in [6.45, 7) is 0. The number of rotatable bonds is 0. The van der Waals surface area contributed by atoms with Gasteiger partial charge in [0.1, 0.15) is 0 Å². The van der Waals surface area contributed by atoms with E-state index in [0.717, 1.165) is 11.8 Å². The number of terminal acetylenes is 1. The summed E-state index contributed by atoms with van der Waals surface area (Å²) in [5.41, 5.74) is 0. The lowest BCUT2D eigenvalue weighted by atomic mass is 10.2. The molecule has 0 aromatic heterocycles. The highest BCUT2D eigenvalue weighted by atomic mass is 14.5. The molecule has 0 nitrogen and oxygen atoms in total. The minimum atomic E-state index is 0.611. The van der Waals surface area contributed by atoms with Crippen molar-refractivity contribution in [2.75, 3.05) is 0 Å². The van der Waals surface area contributed by atoms with Gasteiger partial charge >= 0.3 is 0 Å². The zero-order valence-electron chi connectivity index (χ0n) is 4.67. The van der Waals surface area contributed by atoms with Crippen molar-refractivity contribution in [2.24, 2.45) is 17.8 Å². The standard InChI is InChI=1S/C8H8/c1-2-6-7-4-3-5-8(6)7/h1,3-4,6-8H,5H2/t6-,7+,8-/m1/s1. The number of fused-ring (bicyclic) bond motifs is 1. The van der Waals surface area contributed by atoms with Crippen molar-refractivity contribution in [3.05, 3.63) is 12.2 Å². The molecule has 8 heavy (non-hydrogen) atoms. The summed E-state index contributed by atoms with van der Waals surface area (Å²) in [7, 11) is 0. The third-order valence-corrected chi connectivity index (χ3v) is 2.19. The molecular weight excluding hydrogens is 96.1 g/mol. The van der Waals surface area contributed by atoms with E-state index in [1.807, 2.05) is 0 Å². The summed E-state index contributed by atoms with van der Waals surface area (Å²) >= 11 is 0. The molecule has 0 heterocycles. The first-order chi connectivity index (χ1) is 3.93. The molecule has 0 N–H and O–H groups in total. The molecule has 40 valence electrons. The Hall–Kier alpha value is -0.700. The summed E-state index contributed by atoms with van der Waals surface area (Å²) in [6.07, 6.45) is 11.0. The molecule has 0 aliphatic heterocycles. The monoisotopic (exact) mass is 104 g/mol. The summed E-state index contributed by atoms with van der Waals surface area (Å²) in [6, 6.07) is 0. The number of allylic oxidation sites excluding steroid dienone is 2. The summed E-state index contributed by atoms with van der Waals surface area (Å²) in [5.74, 6) is 5.03. The van der Waals surface area contributed by atoms with Crippen molar-refractivity contribution >= 4 is 0 Å². The largest absolute Gasteiger partial charge is 0.120 e. The second kappa shape index (κ2) is 1.17. The molecule has 0 aromatic carbocycles. The highest BCUT2D eigenvalue weighted by Gasteiger charge is 2.48. The zero-order chi connectivity index (χ0) is 5.56. The molecule has 0 unspecified atom stereocenters. The van der Waals surface area contributed by atoms with Crippen molar-refractivity contribution in [3.63, 3.8) is 0 Å². The molecule has 0 spiro atoms. The Balaban J connectivity index is 2.16. The van der Waals surface area contributed by atoms with E-state index in [-0.39, 0.29) is 0 Å². The van der Waals surface area contributed by atoms with E-state index in [0.29, 0.717) is 5.92 Å². The lowest BCUT2D eigenvalue weighted by molar-refractivity contribution is 0.824. The first-order valence-corrected chi connectivity index (χ1v) is 3.06. The van der Waals surface area contributed by atoms with Crippen LogP contribution in [0.15, 0.2) is 12.2 Å². The van der Waals surface area contributed by atoms with Crippen molar-refractivity contribution in [3.8, 4) is 12.3 Å². The number of hydrogen-bond acceptors (Lipinski definition) is 0. The van der Waals surface area contributed by atoms with Gasteiger partial charge in [0.2, 0.25) is 0 Å². The fourth-order valence-electron chi connectivity index (χ4n) is 1.59. The molecule has 0 saturated heterocycles. The first kappa shape index (κ1) is 4.21. The number of hydrogen-bond donors (Lipinski definition) is 0. The molecular formula is C8H8. The highest BCUT2D eigenvalue weighted by molar-refractivity contribution is 5.24. The van der Waals surface area contributed by atoms with Crippen LogP contribution in [0.1, 0.15) is 6.42 Å². The molecule has 2 aliphatic rings. The van der Waals surface area contributed by atoms with Crippen molar-refractivity contribution in [1.82, 2.24) is 0 Å².